The number of amides is 1. The highest BCUT2D eigenvalue weighted by Crippen LogP contribution is 2.31. The average Bonchev–Trinajstić information content (AvgIpc) is 3.10. The Morgan fingerprint density at radius 3 is 2.57 bits per heavy atom. The maximum atomic E-state index is 13.0. The molecule has 0 bridgehead atoms. The monoisotopic (exact) mass is 393 g/mol. The van der Waals surface area contributed by atoms with Crippen molar-refractivity contribution in [1.29, 1.82) is 0 Å². The maximum absolute atomic E-state index is 13.0. The molecule has 0 saturated carbocycles. The van der Waals surface area contributed by atoms with Crippen LogP contribution in [0, 0.1) is 5.82 Å². The lowest BCUT2D eigenvalue weighted by molar-refractivity contribution is -0.137. The van der Waals surface area contributed by atoms with E-state index >= 15 is 0 Å². The van der Waals surface area contributed by atoms with Gasteiger partial charge in [0.25, 0.3) is 0 Å². The normalized spacial score (nSPS) is 12.6. The van der Waals surface area contributed by atoms with Crippen LogP contribution < -0.4 is 5.32 Å². The predicted octanol–water partition coefficient (Wildman–Crippen LogP) is 3.38. The number of benzene rings is 2. The van der Waals surface area contributed by atoms with Crippen molar-refractivity contribution in [3.8, 4) is 11.4 Å². The first kappa shape index (κ1) is 19.5. The van der Waals surface area contributed by atoms with Gasteiger partial charge in [-0.25, -0.2) is 4.39 Å². The molecule has 0 aliphatic carbocycles. The molecule has 3 rings (SSSR count). The van der Waals surface area contributed by atoms with Crippen LogP contribution in [-0.4, -0.2) is 26.1 Å². The minimum absolute atomic E-state index is 0.0227. The van der Waals surface area contributed by atoms with E-state index in [4.69, 9.17) is 0 Å². The van der Waals surface area contributed by atoms with Crippen LogP contribution in [0.2, 0.25) is 0 Å². The van der Waals surface area contributed by atoms with Crippen LogP contribution in [0.3, 0.4) is 0 Å². The summed E-state index contributed by atoms with van der Waals surface area (Å²) in [5, 5.41) is 14.1. The summed E-state index contributed by atoms with van der Waals surface area (Å²) >= 11 is 0. The Bertz CT molecular complexity index is 969. The summed E-state index contributed by atoms with van der Waals surface area (Å²) in [6.07, 6.45) is -4.48. The van der Waals surface area contributed by atoms with Crippen LogP contribution in [-0.2, 0) is 17.5 Å². The van der Waals surface area contributed by atoms with E-state index in [1.807, 2.05) is 0 Å². The highest BCUT2D eigenvalue weighted by molar-refractivity contribution is 5.76. The number of nitrogens with zero attached hydrogens (tertiary/aromatic N) is 4. The molecule has 0 fully saturated rings. The number of rotatable bonds is 5. The van der Waals surface area contributed by atoms with Gasteiger partial charge in [-0.2, -0.15) is 18.0 Å². The molecule has 0 saturated heterocycles. The van der Waals surface area contributed by atoms with E-state index in [2.05, 4.69) is 20.7 Å². The molecule has 1 amide bonds. The lowest BCUT2D eigenvalue weighted by atomic mass is 10.1. The molecular formula is C18H15F4N5O. The minimum atomic E-state index is -4.48. The van der Waals surface area contributed by atoms with Gasteiger partial charge in [0.05, 0.1) is 11.6 Å². The Morgan fingerprint density at radius 2 is 1.89 bits per heavy atom. The third-order valence-corrected chi connectivity index (χ3v) is 3.93. The number of tetrazole rings is 1. The van der Waals surface area contributed by atoms with Gasteiger partial charge >= 0.3 is 6.18 Å². The van der Waals surface area contributed by atoms with Crippen molar-refractivity contribution in [3.05, 3.63) is 65.5 Å². The maximum Gasteiger partial charge on any atom is 0.416 e. The molecule has 10 heteroatoms. The van der Waals surface area contributed by atoms with Crippen molar-refractivity contribution in [3.63, 3.8) is 0 Å². The second kappa shape index (κ2) is 7.75. The Hall–Kier alpha value is -3.30. The average molecular weight is 393 g/mol. The summed E-state index contributed by atoms with van der Waals surface area (Å²) < 4.78 is 51.4. The molecule has 3 aromatic rings. The molecule has 0 aliphatic heterocycles. The van der Waals surface area contributed by atoms with Crippen LogP contribution in [0.4, 0.5) is 17.6 Å². The van der Waals surface area contributed by atoms with Crippen molar-refractivity contribution < 1.29 is 22.4 Å². The van der Waals surface area contributed by atoms with Crippen LogP contribution in [0.1, 0.15) is 24.1 Å². The van der Waals surface area contributed by atoms with E-state index < -0.39 is 17.6 Å². The second-order valence-electron chi connectivity index (χ2n) is 6.06. The lowest BCUT2D eigenvalue weighted by Crippen LogP contribution is -2.30. The highest BCUT2D eigenvalue weighted by atomic mass is 19.4. The molecule has 28 heavy (non-hydrogen) atoms. The van der Waals surface area contributed by atoms with E-state index in [1.54, 1.807) is 19.1 Å². The summed E-state index contributed by atoms with van der Waals surface area (Å²) in [6.45, 7) is 1.46. The van der Waals surface area contributed by atoms with Crippen molar-refractivity contribution in [2.45, 2.75) is 25.7 Å². The summed E-state index contributed by atoms with van der Waals surface area (Å²) in [7, 11) is 0. The Morgan fingerprint density at radius 1 is 1.18 bits per heavy atom. The fourth-order valence-electron chi connectivity index (χ4n) is 2.51. The third kappa shape index (κ3) is 4.70. The van der Waals surface area contributed by atoms with Gasteiger partial charge in [-0.05, 0) is 42.0 Å². The van der Waals surface area contributed by atoms with E-state index in [1.165, 1.54) is 24.3 Å². The number of alkyl halides is 3. The molecule has 0 unspecified atom stereocenters. The van der Waals surface area contributed by atoms with Crippen molar-refractivity contribution in [1.82, 2.24) is 25.5 Å². The first-order valence-corrected chi connectivity index (χ1v) is 8.22. The second-order valence-corrected chi connectivity index (χ2v) is 6.06. The van der Waals surface area contributed by atoms with Crippen molar-refractivity contribution in [2.24, 2.45) is 0 Å². The van der Waals surface area contributed by atoms with E-state index in [-0.39, 0.29) is 29.8 Å². The van der Waals surface area contributed by atoms with Crippen LogP contribution in [0.25, 0.3) is 11.4 Å². The van der Waals surface area contributed by atoms with Gasteiger partial charge in [0.2, 0.25) is 11.7 Å². The highest BCUT2D eigenvalue weighted by Gasteiger charge is 2.30. The minimum Gasteiger partial charge on any atom is -0.348 e. The molecule has 0 aliphatic rings. The summed E-state index contributed by atoms with van der Waals surface area (Å²) in [5.41, 5.74) is 0.0272. The molecule has 1 heterocycles. The number of nitrogens with one attached hydrogen (secondary N) is 1. The number of halogens is 4. The van der Waals surface area contributed by atoms with Crippen LogP contribution in [0.15, 0.2) is 48.5 Å². The zero-order valence-electron chi connectivity index (χ0n) is 14.6. The summed E-state index contributed by atoms with van der Waals surface area (Å²) in [6, 6.07) is 9.84. The Kier molecular flexibility index (Phi) is 5.39. The zero-order valence-corrected chi connectivity index (χ0v) is 14.6. The molecule has 2 aromatic carbocycles. The van der Waals surface area contributed by atoms with Gasteiger partial charge < -0.3 is 5.32 Å². The number of hydrogen-bond donors (Lipinski definition) is 1. The van der Waals surface area contributed by atoms with Gasteiger partial charge in [-0.3, -0.25) is 4.79 Å². The van der Waals surface area contributed by atoms with E-state index in [0.29, 0.717) is 5.56 Å². The van der Waals surface area contributed by atoms with Gasteiger partial charge in [-0.15, -0.1) is 10.2 Å². The fourth-order valence-corrected chi connectivity index (χ4v) is 2.51. The van der Waals surface area contributed by atoms with E-state index in [9.17, 15) is 22.4 Å². The third-order valence-electron chi connectivity index (χ3n) is 3.93. The SMILES string of the molecule is C[C@H](NC(=O)Cn1nnc(-c2cccc(C(F)(F)F)c2)n1)c1ccc(F)cc1. The predicted molar refractivity (Wildman–Crippen MR) is 91.2 cm³/mol. The molecule has 6 nitrogen and oxygen atoms in total. The number of hydrogen-bond acceptors (Lipinski definition) is 4. The molecule has 0 spiro atoms. The number of carbonyl (C=O) groups is 1. The molecule has 1 aromatic heterocycles. The Labute approximate surface area is 157 Å². The summed E-state index contributed by atoms with van der Waals surface area (Å²) in [5.74, 6) is -0.827. The zero-order chi connectivity index (χ0) is 20.3. The van der Waals surface area contributed by atoms with Gasteiger partial charge in [0.15, 0.2) is 0 Å². The lowest BCUT2D eigenvalue weighted by Gasteiger charge is -2.13. The first-order valence-electron chi connectivity index (χ1n) is 8.22. The first-order chi connectivity index (χ1) is 13.2. The van der Waals surface area contributed by atoms with Gasteiger partial charge in [-0.1, -0.05) is 24.3 Å². The largest absolute Gasteiger partial charge is 0.416 e. The van der Waals surface area contributed by atoms with Crippen molar-refractivity contribution >= 4 is 5.91 Å². The quantitative estimate of drug-likeness (QED) is 0.675. The van der Waals surface area contributed by atoms with Crippen molar-refractivity contribution in [2.75, 3.05) is 0 Å². The van der Waals surface area contributed by atoms with Gasteiger partial charge in [0.1, 0.15) is 12.4 Å². The number of carbonyl (C=O) groups excluding carboxylic acids is 1. The smallest absolute Gasteiger partial charge is 0.348 e. The molecule has 1 atom stereocenters. The molecule has 0 radical (unpaired) electrons. The number of aromatic nitrogens is 4. The Balaban J connectivity index is 1.66. The van der Waals surface area contributed by atoms with E-state index in [0.717, 1.165) is 16.9 Å². The van der Waals surface area contributed by atoms with Crippen LogP contribution in [0.5, 0.6) is 0 Å². The summed E-state index contributed by atoms with van der Waals surface area (Å²) in [4.78, 5) is 13.1. The molecule has 146 valence electrons. The fraction of sp³-hybridized carbons (Fsp3) is 0.222. The standard InChI is InChI=1S/C18H15F4N5O/c1-11(12-5-7-15(19)8-6-12)23-16(28)10-27-25-17(24-26-27)13-3-2-4-14(9-13)18(20,21)22/h2-9,11H,10H2,1H3,(H,23,28)/t11-/m0/s1. The van der Waals surface area contributed by atoms with Gasteiger partial charge in [0, 0.05) is 5.56 Å². The molecule has 1 N–H and O–H groups in total. The van der Waals surface area contributed by atoms with Crippen LogP contribution >= 0.6 is 0 Å². The topological polar surface area (TPSA) is 72.7 Å². The molecular weight excluding hydrogens is 378 g/mol.